The standard InChI is InChI=1S/C14H26N4O2/c1-4-17(9-10-19)12-5-7-18(8-6-12)14-15-13(11(2)3)16-20-14/h11-12,19H,4-10H2,1-3H3. The fraction of sp³-hybridized carbons (Fsp3) is 0.857. The molecule has 1 aliphatic heterocycles. The minimum Gasteiger partial charge on any atom is -0.395 e. The third-order valence-electron chi connectivity index (χ3n) is 3.99. The number of likely N-dealkylation sites (N-methyl/N-ethyl adjacent to an activating group) is 1. The molecule has 0 aliphatic carbocycles. The molecule has 1 aliphatic rings. The topological polar surface area (TPSA) is 65.6 Å². The number of nitrogens with zero attached hydrogens (tertiary/aromatic N) is 4. The van der Waals surface area contributed by atoms with Crippen molar-refractivity contribution in [2.75, 3.05) is 37.7 Å². The molecule has 0 bridgehead atoms. The van der Waals surface area contributed by atoms with Crippen LogP contribution in [0.1, 0.15) is 45.4 Å². The number of aliphatic hydroxyl groups is 1. The van der Waals surface area contributed by atoms with Gasteiger partial charge in [0.05, 0.1) is 6.61 Å². The Morgan fingerprint density at radius 3 is 2.60 bits per heavy atom. The van der Waals surface area contributed by atoms with E-state index in [0.717, 1.165) is 44.8 Å². The molecule has 0 unspecified atom stereocenters. The molecule has 1 saturated heterocycles. The van der Waals surface area contributed by atoms with Crippen LogP contribution in [0.15, 0.2) is 4.52 Å². The molecule has 0 spiro atoms. The predicted octanol–water partition coefficient (Wildman–Crippen LogP) is 1.48. The Hall–Kier alpha value is -1.14. The van der Waals surface area contributed by atoms with Crippen molar-refractivity contribution in [3.05, 3.63) is 5.82 Å². The maximum Gasteiger partial charge on any atom is 0.324 e. The average molecular weight is 282 g/mol. The van der Waals surface area contributed by atoms with Gasteiger partial charge in [0.2, 0.25) is 0 Å². The summed E-state index contributed by atoms with van der Waals surface area (Å²) in [5.74, 6) is 1.07. The number of anilines is 1. The monoisotopic (exact) mass is 282 g/mol. The molecule has 2 rings (SSSR count). The molecular formula is C14H26N4O2. The molecule has 6 heteroatoms. The Morgan fingerprint density at radius 2 is 2.10 bits per heavy atom. The van der Waals surface area contributed by atoms with Crippen LogP contribution >= 0.6 is 0 Å². The second-order valence-electron chi connectivity index (χ2n) is 5.66. The summed E-state index contributed by atoms with van der Waals surface area (Å²) in [5.41, 5.74) is 0. The molecule has 20 heavy (non-hydrogen) atoms. The lowest BCUT2D eigenvalue weighted by atomic mass is 10.0. The summed E-state index contributed by atoms with van der Waals surface area (Å²) in [6.45, 7) is 10.1. The number of aromatic nitrogens is 2. The van der Waals surface area contributed by atoms with Crippen LogP contribution < -0.4 is 4.90 Å². The lowest BCUT2D eigenvalue weighted by Gasteiger charge is -2.37. The molecule has 0 aromatic carbocycles. The van der Waals surface area contributed by atoms with Crippen molar-refractivity contribution in [2.45, 2.75) is 45.6 Å². The van der Waals surface area contributed by atoms with Crippen molar-refractivity contribution >= 4 is 6.01 Å². The largest absolute Gasteiger partial charge is 0.395 e. The second-order valence-corrected chi connectivity index (χ2v) is 5.66. The van der Waals surface area contributed by atoms with Gasteiger partial charge in [0.15, 0.2) is 5.82 Å². The number of rotatable bonds is 6. The van der Waals surface area contributed by atoms with Gasteiger partial charge < -0.3 is 14.5 Å². The van der Waals surface area contributed by atoms with Crippen molar-refractivity contribution in [1.29, 1.82) is 0 Å². The Morgan fingerprint density at radius 1 is 1.40 bits per heavy atom. The van der Waals surface area contributed by atoms with Gasteiger partial charge in [-0.3, -0.25) is 4.90 Å². The number of piperidine rings is 1. The van der Waals surface area contributed by atoms with Crippen molar-refractivity contribution in [3.8, 4) is 0 Å². The number of hydrogen-bond donors (Lipinski definition) is 1. The summed E-state index contributed by atoms with van der Waals surface area (Å²) >= 11 is 0. The quantitative estimate of drug-likeness (QED) is 0.852. The summed E-state index contributed by atoms with van der Waals surface area (Å²) in [5, 5.41) is 13.1. The first kappa shape index (κ1) is 15.3. The molecule has 114 valence electrons. The van der Waals surface area contributed by atoms with E-state index in [9.17, 15) is 0 Å². The molecule has 2 heterocycles. The normalized spacial score (nSPS) is 17.4. The van der Waals surface area contributed by atoms with Gasteiger partial charge in [0.1, 0.15) is 0 Å². The summed E-state index contributed by atoms with van der Waals surface area (Å²) in [7, 11) is 0. The van der Waals surface area contributed by atoms with E-state index in [4.69, 9.17) is 9.63 Å². The molecule has 0 atom stereocenters. The summed E-state index contributed by atoms with van der Waals surface area (Å²) in [6.07, 6.45) is 2.15. The maximum atomic E-state index is 9.10. The fourth-order valence-corrected chi connectivity index (χ4v) is 2.74. The van der Waals surface area contributed by atoms with Gasteiger partial charge in [0, 0.05) is 31.6 Å². The smallest absolute Gasteiger partial charge is 0.324 e. The minimum atomic E-state index is 0.232. The molecule has 1 aromatic rings. The molecular weight excluding hydrogens is 256 g/mol. The number of aliphatic hydroxyl groups excluding tert-OH is 1. The molecule has 0 amide bonds. The highest BCUT2D eigenvalue weighted by Gasteiger charge is 2.26. The van der Waals surface area contributed by atoms with Gasteiger partial charge >= 0.3 is 6.01 Å². The molecule has 1 N–H and O–H groups in total. The van der Waals surface area contributed by atoms with E-state index in [-0.39, 0.29) is 6.61 Å². The van der Waals surface area contributed by atoms with Crippen molar-refractivity contribution in [1.82, 2.24) is 15.0 Å². The van der Waals surface area contributed by atoms with Crippen LogP contribution in [0.25, 0.3) is 0 Å². The Labute approximate surface area is 120 Å². The second kappa shape index (κ2) is 7.04. The lowest BCUT2D eigenvalue weighted by molar-refractivity contribution is 0.138. The molecule has 6 nitrogen and oxygen atoms in total. The number of hydrogen-bond acceptors (Lipinski definition) is 6. The highest BCUT2D eigenvalue weighted by molar-refractivity contribution is 5.26. The summed E-state index contributed by atoms with van der Waals surface area (Å²) in [4.78, 5) is 8.98. The third kappa shape index (κ3) is 3.49. The third-order valence-corrected chi connectivity index (χ3v) is 3.99. The Balaban J connectivity index is 1.90. The summed E-state index contributed by atoms with van der Waals surface area (Å²) < 4.78 is 5.35. The zero-order valence-corrected chi connectivity index (χ0v) is 12.7. The van der Waals surface area contributed by atoms with Crippen LogP contribution in [0, 0.1) is 0 Å². The molecule has 0 saturated carbocycles. The Kier molecular flexibility index (Phi) is 5.37. The van der Waals surface area contributed by atoms with E-state index < -0.39 is 0 Å². The highest BCUT2D eigenvalue weighted by Crippen LogP contribution is 2.22. The highest BCUT2D eigenvalue weighted by atomic mass is 16.5. The van der Waals surface area contributed by atoms with E-state index in [2.05, 4.69) is 40.7 Å². The minimum absolute atomic E-state index is 0.232. The van der Waals surface area contributed by atoms with Crippen molar-refractivity contribution in [3.63, 3.8) is 0 Å². The van der Waals surface area contributed by atoms with Gasteiger partial charge in [-0.05, 0) is 19.4 Å². The Bertz CT molecular complexity index is 400. The molecule has 1 aromatic heterocycles. The fourth-order valence-electron chi connectivity index (χ4n) is 2.74. The SMILES string of the molecule is CCN(CCO)C1CCN(c2nc(C(C)C)no2)CC1. The van der Waals surface area contributed by atoms with E-state index >= 15 is 0 Å². The van der Waals surface area contributed by atoms with Gasteiger partial charge in [-0.1, -0.05) is 25.9 Å². The molecule has 1 fully saturated rings. The summed E-state index contributed by atoms with van der Waals surface area (Å²) in [6, 6.07) is 1.20. The van der Waals surface area contributed by atoms with Crippen LogP contribution in [0.3, 0.4) is 0 Å². The predicted molar refractivity (Wildman–Crippen MR) is 78.0 cm³/mol. The van der Waals surface area contributed by atoms with Gasteiger partial charge in [-0.15, -0.1) is 0 Å². The average Bonchev–Trinajstić information content (AvgIpc) is 2.95. The van der Waals surface area contributed by atoms with Crippen LogP contribution in [0.2, 0.25) is 0 Å². The van der Waals surface area contributed by atoms with Crippen molar-refractivity contribution in [2.24, 2.45) is 0 Å². The van der Waals surface area contributed by atoms with E-state index in [1.165, 1.54) is 0 Å². The first-order chi connectivity index (χ1) is 9.65. The van der Waals surface area contributed by atoms with E-state index in [1.54, 1.807) is 0 Å². The van der Waals surface area contributed by atoms with Crippen LogP contribution in [0.5, 0.6) is 0 Å². The first-order valence-corrected chi connectivity index (χ1v) is 7.59. The van der Waals surface area contributed by atoms with Gasteiger partial charge in [0.25, 0.3) is 0 Å². The van der Waals surface area contributed by atoms with Crippen LogP contribution in [-0.4, -0.2) is 59.0 Å². The maximum absolute atomic E-state index is 9.10. The van der Waals surface area contributed by atoms with E-state index in [1.807, 2.05) is 0 Å². The molecule has 0 radical (unpaired) electrons. The first-order valence-electron chi connectivity index (χ1n) is 7.59. The van der Waals surface area contributed by atoms with Crippen molar-refractivity contribution < 1.29 is 9.63 Å². The van der Waals surface area contributed by atoms with E-state index in [0.29, 0.717) is 18.0 Å². The zero-order chi connectivity index (χ0) is 14.5. The van der Waals surface area contributed by atoms with Gasteiger partial charge in [-0.2, -0.15) is 4.98 Å². The zero-order valence-electron chi connectivity index (χ0n) is 12.7. The van der Waals surface area contributed by atoms with Gasteiger partial charge in [-0.25, -0.2) is 0 Å². The lowest BCUT2D eigenvalue weighted by Crippen LogP contribution is -2.46. The van der Waals surface area contributed by atoms with Crippen LogP contribution in [0.4, 0.5) is 6.01 Å². The van der Waals surface area contributed by atoms with Crippen LogP contribution in [-0.2, 0) is 0 Å².